The standard InChI is InChI=1S/C18H19N5O2S.C14H15N5OS/c1-3-19-17(24)22-18-21-13-8-11(4-5-15(13)26-18)12-9-14-16(20-10-12)23(2)6-7-25-14;1-3-15-13(20)18-14-17-11-6-9(4-5-12(11)21-14)10-7-16-19(2)8-10/h4-5,8-10H,3,6-7H2,1-2H3,(H2,19,21,22,24);4-8H,3H2,1-2H3,(H2,15,17,18,20). The van der Waals surface area contributed by atoms with Crippen molar-refractivity contribution in [3.8, 4) is 28.0 Å². The van der Waals surface area contributed by atoms with Crippen LogP contribution in [-0.2, 0) is 7.05 Å². The zero-order valence-electron chi connectivity index (χ0n) is 26.3. The maximum absolute atomic E-state index is 11.7. The number of likely N-dealkylation sites (N-methyl/N-ethyl adjacent to an activating group) is 1. The van der Waals surface area contributed by atoms with Crippen LogP contribution in [0.5, 0.6) is 5.75 Å². The predicted octanol–water partition coefficient (Wildman–Crippen LogP) is 6.17. The molecule has 0 spiro atoms. The molecule has 0 atom stereocenters. The van der Waals surface area contributed by atoms with E-state index in [-0.39, 0.29) is 12.1 Å². The molecule has 0 radical (unpaired) electrons. The van der Waals surface area contributed by atoms with Crippen molar-refractivity contribution in [1.29, 1.82) is 0 Å². The molecule has 2 aromatic carbocycles. The van der Waals surface area contributed by atoms with Gasteiger partial charge in [0.25, 0.3) is 0 Å². The number of aromatic nitrogens is 5. The molecule has 47 heavy (non-hydrogen) atoms. The smallest absolute Gasteiger partial charge is 0.321 e. The van der Waals surface area contributed by atoms with Gasteiger partial charge in [0.05, 0.1) is 33.2 Å². The number of fused-ring (bicyclic) bond motifs is 3. The van der Waals surface area contributed by atoms with Crippen molar-refractivity contribution in [2.75, 3.05) is 48.8 Å². The van der Waals surface area contributed by atoms with Gasteiger partial charge in [-0.2, -0.15) is 5.10 Å². The third kappa shape index (κ3) is 7.42. The molecule has 5 heterocycles. The van der Waals surface area contributed by atoms with E-state index < -0.39 is 0 Å². The fraction of sp³-hybridized carbons (Fsp3) is 0.250. The molecular formula is C32H34N10O3S2. The van der Waals surface area contributed by atoms with E-state index in [4.69, 9.17) is 4.74 Å². The molecule has 1 aliphatic heterocycles. The van der Waals surface area contributed by atoms with E-state index in [1.54, 1.807) is 4.68 Å². The topological polar surface area (TPSA) is 151 Å². The Morgan fingerprint density at radius 1 is 0.809 bits per heavy atom. The molecule has 1 aliphatic rings. The van der Waals surface area contributed by atoms with Crippen LogP contribution in [0.25, 0.3) is 42.7 Å². The first-order valence-corrected chi connectivity index (χ1v) is 16.7. The second kappa shape index (κ2) is 14.0. The van der Waals surface area contributed by atoms with Gasteiger partial charge in [0, 0.05) is 50.7 Å². The lowest BCUT2D eigenvalue weighted by molar-refractivity contribution is 0.251. The summed E-state index contributed by atoms with van der Waals surface area (Å²) in [6, 6.07) is 13.6. The Kier molecular flexibility index (Phi) is 9.45. The Labute approximate surface area is 279 Å². The third-order valence-electron chi connectivity index (χ3n) is 7.14. The molecule has 0 aliphatic carbocycles. The Balaban J connectivity index is 0.000000168. The average Bonchev–Trinajstić information content (AvgIpc) is 3.78. The number of nitrogens with zero attached hydrogens (tertiary/aromatic N) is 6. The van der Waals surface area contributed by atoms with E-state index in [0.717, 1.165) is 60.8 Å². The lowest BCUT2D eigenvalue weighted by Crippen LogP contribution is -2.29. The van der Waals surface area contributed by atoms with E-state index in [2.05, 4.69) is 46.2 Å². The maximum Gasteiger partial charge on any atom is 0.321 e. The second-order valence-corrected chi connectivity index (χ2v) is 12.7. The van der Waals surface area contributed by atoms with Gasteiger partial charge in [0.2, 0.25) is 0 Å². The average molecular weight is 671 g/mol. The zero-order chi connectivity index (χ0) is 32.9. The number of benzene rings is 2. The molecule has 7 rings (SSSR count). The molecule has 0 saturated heterocycles. The van der Waals surface area contributed by atoms with Crippen LogP contribution in [0, 0.1) is 0 Å². The molecule has 0 fully saturated rings. The van der Waals surface area contributed by atoms with Crippen molar-refractivity contribution in [1.82, 2.24) is 35.4 Å². The van der Waals surface area contributed by atoms with Crippen LogP contribution < -0.4 is 30.9 Å². The number of anilines is 3. The molecule has 13 nitrogen and oxygen atoms in total. The molecule has 4 N–H and O–H groups in total. The van der Waals surface area contributed by atoms with Crippen molar-refractivity contribution in [3.63, 3.8) is 0 Å². The Morgan fingerprint density at radius 3 is 1.96 bits per heavy atom. The van der Waals surface area contributed by atoms with Crippen molar-refractivity contribution in [2.45, 2.75) is 13.8 Å². The molecule has 15 heteroatoms. The van der Waals surface area contributed by atoms with Crippen LogP contribution in [0.4, 0.5) is 25.7 Å². The predicted molar refractivity (Wildman–Crippen MR) is 189 cm³/mol. The summed E-state index contributed by atoms with van der Waals surface area (Å²) in [6.07, 6.45) is 5.63. The molecule has 242 valence electrons. The number of ether oxygens (including phenoxy) is 1. The Hall–Kier alpha value is -5.28. The van der Waals surface area contributed by atoms with Gasteiger partial charge in [-0.1, -0.05) is 34.8 Å². The van der Waals surface area contributed by atoms with Gasteiger partial charge < -0.3 is 20.3 Å². The number of hydrogen-bond donors (Lipinski definition) is 4. The first-order valence-electron chi connectivity index (χ1n) is 15.0. The van der Waals surface area contributed by atoms with Gasteiger partial charge >= 0.3 is 12.1 Å². The summed E-state index contributed by atoms with van der Waals surface area (Å²) in [5.74, 6) is 1.66. The highest BCUT2D eigenvalue weighted by Crippen LogP contribution is 2.35. The van der Waals surface area contributed by atoms with Gasteiger partial charge in [-0.05, 0) is 55.3 Å². The number of aryl methyl sites for hydroxylation is 1. The molecular weight excluding hydrogens is 637 g/mol. The van der Waals surface area contributed by atoms with Crippen LogP contribution in [0.3, 0.4) is 0 Å². The molecule has 0 bridgehead atoms. The quantitative estimate of drug-likeness (QED) is 0.164. The SMILES string of the molecule is CCNC(=O)Nc1nc2cc(-c3cnc4c(c3)OCCN4C)ccc2s1.CCNC(=O)Nc1nc2cc(-c3cnn(C)c3)ccc2s1. The number of carbonyl (C=O) groups is 2. The fourth-order valence-electron chi connectivity index (χ4n) is 4.88. The van der Waals surface area contributed by atoms with Crippen LogP contribution >= 0.6 is 22.7 Å². The lowest BCUT2D eigenvalue weighted by Gasteiger charge is -2.26. The summed E-state index contributed by atoms with van der Waals surface area (Å²) in [7, 11) is 3.90. The van der Waals surface area contributed by atoms with Gasteiger partial charge in [-0.25, -0.2) is 24.5 Å². The van der Waals surface area contributed by atoms with Crippen molar-refractivity contribution in [2.24, 2.45) is 7.05 Å². The highest BCUT2D eigenvalue weighted by molar-refractivity contribution is 7.22. The van der Waals surface area contributed by atoms with Gasteiger partial charge in [-0.3, -0.25) is 15.3 Å². The fourth-order valence-corrected chi connectivity index (χ4v) is 6.56. The normalized spacial score (nSPS) is 12.1. The monoisotopic (exact) mass is 670 g/mol. The Bertz CT molecular complexity index is 2050. The number of urea groups is 2. The molecule has 6 aromatic rings. The summed E-state index contributed by atoms with van der Waals surface area (Å²) in [5, 5.41) is 16.2. The van der Waals surface area contributed by atoms with Crippen LogP contribution in [-0.4, -0.2) is 70.1 Å². The summed E-state index contributed by atoms with van der Waals surface area (Å²) in [6.45, 7) is 6.40. The summed E-state index contributed by atoms with van der Waals surface area (Å²) in [5.41, 5.74) is 5.81. The van der Waals surface area contributed by atoms with E-state index in [1.807, 2.05) is 89.0 Å². The van der Waals surface area contributed by atoms with Crippen molar-refractivity contribution in [3.05, 3.63) is 61.1 Å². The number of pyridine rings is 1. The second-order valence-electron chi connectivity index (χ2n) is 10.6. The van der Waals surface area contributed by atoms with E-state index in [0.29, 0.717) is 30.0 Å². The van der Waals surface area contributed by atoms with Crippen molar-refractivity contribution >= 4 is 71.3 Å². The lowest BCUT2D eigenvalue weighted by atomic mass is 10.1. The number of thiazole rings is 2. The van der Waals surface area contributed by atoms with E-state index in [1.165, 1.54) is 22.7 Å². The van der Waals surface area contributed by atoms with Crippen LogP contribution in [0.1, 0.15) is 13.8 Å². The number of hydrogen-bond acceptors (Lipinski definition) is 10. The third-order valence-corrected chi connectivity index (χ3v) is 9.04. The minimum atomic E-state index is -0.244. The number of nitrogens with one attached hydrogen (secondary N) is 4. The van der Waals surface area contributed by atoms with Gasteiger partial charge in [-0.15, -0.1) is 0 Å². The maximum atomic E-state index is 11.7. The number of carbonyl (C=O) groups excluding carboxylic acids is 2. The molecule has 0 saturated carbocycles. The van der Waals surface area contributed by atoms with Crippen LogP contribution in [0.2, 0.25) is 0 Å². The number of amides is 4. The van der Waals surface area contributed by atoms with Gasteiger partial charge in [0.15, 0.2) is 21.8 Å². The first kappa shape index (κ1) is 31.7. The van der Waals surface area contributed by atoms with Gasteiger partial charge in [0.1, 0.15) is 6.61 Å². The van der Waals surface area contributed by atoms with E-state index >= 15 is 0 Å². The Morgan fingerprint density at radius 2 is 1.40 bits per heavy atom. The summed E-state index contributed by atoms with van der Waals surface area (Å²) < 4.78 is 9.56. The van der Waals surface area contributed by atoms with Crippen molar-refractivity contribution < 1.29 is 14.3 Å². The first-order chi connectivity index (χ1) is 22.8. The highest BCUT2D eigenvalue weighted by Gasteiger charge is 2.17. The minimum Gasteiger partial charge on any atom is -0.488 e. The minimum absolute atomic E-state index is 0.232. The molecule has 0 unspecified atom stereocenters. The summed E-state index contributed by atoms with van der Waals surface area (Å²) in [4.78, 5) is 38.8. The molecule has 4 amide bonds. The summed E-state index contributed by atoms with van der Waals surface area (Å²) >= 11 is 2.91. The molecule has 4 aromatic heterocycles. The van der Waals surface area contributed by atoms with E-state index in [9.17, 15) is 9.59 Å². The largest absolute Gasteiger partial charge is 0.488 e. The van der Waals surface area contributed by atoms with Crippen LogP contribution in [0.15, 0.2) is 61.1 Å². The number of rotatable bonds is 6. The zero-order valence-corrected chi connectivity index (χ0v) is 28.0. The highest BCUT2D eigenvalue weighted by atomic mass is 32.1.